The number of imidazole rings is 1. The Hall–Kier alpha value is -5.94. The largest absolute Gasteiger partial charge is 0.416 e. The van der Waals surface area contributed by atoms with Gasteiger partial charge in [-0.25, -0.2) is 18.8 Å². The van der Waals surface area contributed by atoms with E-state index in [4.69, 9.17) is 0 Å². The Balaban J connectivity index is 0.000000850. The van der Waals surface area contributed by atoms with E-state index in [0.29, 0.717) is 47.4 Å². The van der Waals surface area contributed by atoms with Gasteiger partial charge < -0.3 is 15.1 Å². The van der Waals surface area contributed by atoms with Gasteiger partial charge in [0.15, 0.2) is 6.54 Å². The second kappa shape index (κ2) is 16.8. The van der Waals surface area contributed by atoms with Crippen LogP contribution in [0.4, 0.5) is 18.0 Å². The van der Waals surface area contributed by atoms with Gasteiger partial charge in [-0.05, 0) is 87.1 Å². The first kappa shape index (κ1) is 39.3. The van der Waals surface area contributed by atoms with Crippen molar-refractivity contribution in [2.75, 3.05) is 34.2 Å². The molecule has 2 heterocycles. The van der Waals surface area contributed by atoms with Crippen LogP contribution in [0.25, 0.3) is 22.8 Å². The summed E-state index contributed by atoms with van der Waals surface area (Å²) in [5.74, 6) is 0.226. The van der Waals surface area contributed by atoms with Gasteiger partial charge in [0.2, 0.25) is 0 Å². The summed E-state index contributed by atoms with van der Waals surface area (Å²) in [4.78, 5) is 40.3. The van der Waals surface area contributed by atoms with Crippen LogP contribution < -0.4 is 16.3 Å². The molecule has 54 heavy (non-hydrogen) atoms. The normalized spacial score (nSPS) is 15.7. The van der Waals surface area contributed by atoms with Crippen LogP contribution in [0.3, 0.4) is 0 Å². The number of nitrogens with zero attached hydrogens (tertiary/aromatic N) is 6. The lowest BCUT2D eigenvalue weighted by atomic mass is 9.86. The van der Waals surface area contributed by atoms with E-state index in [-0.39, 0.29) is 34.9 Å². The van der Waals surface area contributed by atoms with Crippen LogP contribution in [0.15, 0.2) is 102 Å². The molecule has 0 spiro atoms. The number of rotatable bonds is 8. The summed E-state index contributed by atoms with van der Waals surface area (Å²) in [6.07, 6.45) is -0.385. The molecule has 0 unspecified atom stereocenters. The molecule has 6 rings (SSSR count). The van der Waals surface area contributed by atoms with Crippen molar-refractivity contribution in [3.05, 3.63) is 124 Å². The number of hydrogen-bond acceptors (Lipinski definition) is 5. The number of carbonyl (C=O) groups is 2. The first-order chi connectivity index (χ1) is 25.7. The summed E-state index contributed by atoms with van der Waals surface area (Å²) in [6, 6.07) is 25.6. The van der Waals surface area contributed by atoms with Crippen molar-refractivity contribution < 1.29 is 27.2 Å². The number of quaternary nitrogens is 1. The fourth-order valence-corrected chi connectivity index (χ4v) is 6.47. The smallest absolute Gasteiger partial charge is 0.351 e. The topological polar surface area (TPSA) is 127 Å². The molecule has 0 radical (unpaired) electrons. The maximum absolute atomic E-state index is 14.1. The van der Waals surface area contributed by atoms with E-state index in [1.807, 2.05) is 57.5 Å². The number of halogens is 3. The second-order valence-corrected chi connectivity index (χ2v) is 14.3. The predicted molar refractivity (Wildman–Crippen MR) is 199 cm³/mol. The zero-order valence-electron chi connectivity index (χ0n) is 30.7. The number of amides is 2. The molecular weight excluding hydrogens is 697 g/mol. The molecule has 1 saturated carbocycles. The summed E-state index contributed by atoms with van der Waals surface area (Å²) in [6.45, 7) is 2.47. The molecular formula is C40H44F3N8O3+. The highest BCUT2D eigenvalue weighted by Gasteiger charge is 2.33. The molecule has 0 aliphatic heterocycles. The van der Waals surface area contributed by atoms with E-state index in [2.05, 4.69) is 21.8 Å². The third kappa shape index (κ3) is 9.73. The third-order valence-electron chi connectivity index (χ3n) is 9.09. The molecule has 1 fully saturated rings. The molecule has 3 aromatic carbocycles. The van der Waals surface area contributed by atoms with Gasteiger partial charge >= 0.3 is 17.9 Å². The zero-order chi connectivity index (χ0) is 39.0. The van der Waals surface area contributed by atoms with Gasteiger partial charge in [0.05, 0.1) is 67.3 Å². The lowest BCUT2D eigenvalue weighted by Gasteiger charge is -2.29. The van der Waals surface area contributed by atoms with Crippen molar-refractivity contribution in [2.24, 2.45) is 5.92 Å². The highest BCUT2D eigenvalue weighted by molar-refractivity contribution is 5.83. The monoisotopic (exact) mass is 741 g/mol. The number of nitriles is 1. The van der Waals surface area contributed by atoms with Crippen LogP contribution in [0.5, 0.6) is 0 Å². The van der Waals surface area contributed by atoms with E-state index in [1.54, 1.807) is 37.3 Å². The number of carbonyl (C=O) groups excluding carboxylic acids is 2. The Morgan fingerprint density at radius 1 is 0.907 bits per heavy atom. The number of benzene rings is 3. The van der Waals surface area contributed by atoms with Gasteiger partial charge in [-0.15, -0.1) is 0 Å². The van der Waals surface area contributed by atoms with E-state index < -0.39 is 23.5 Å². The highest BCUT2D eigenvalue weighted by Crippen LogP contribution is 2.32. The molecule has 0 bridgehead atoms. The molecule has 2 aromatic heterocycles. The van der Waals surface area contributed by atoms with Gasteiger partial charge in [-0.3, -0.25) is 9.36 Å². The van der Waals surface area contributed by atoms with Crippen LogP contribution in [-0.2, 0) is 11.0 Å². The van der Waals surface area contributed by atoms with Crippen LogP contribution in [0.1, 0.15) is 42.5 Å². The van der Waals surface area contributed by atoms with Gasteiger partial charge in [0.1, 0.15) is 5.69 Å². The minimum Gasteiger partial charge on any atom is -0.351 e. The average Bonchev–Trinajstić information content (AvgIpc) is 3.72. The van der Waals surface area contributed by atoms with Crippen molar-refractivity contribution in [1.29, 1.82) is 5.26 Å². The quantitative estimate of drug-likeness (QED) is 0.180. The first-order valence-corrected chi connectivity index (χ1v) is 17.6. The lowest BCUT2D eigenvalue weighted by molar-refractivity contribution is -0.862. The number of hydrogen-bond donors (Lipinski definition) is 2. The predicted octanol–water partition coefficient (Wildman–Crippen LogP) is 6.32. The zero-order valence-corrected chi connectivity index (χ0v) is 30.7. The van der Waals surface area contributed by atoms with Crippen molar-refractivity contribution >= 4 is 11.9 Å². The van der Waals surface area contributed by atoms with Crippen LogP contribution >= 0.6 is 0 Å². The summed E-state index contributed by atoms with van der Waals surface area (Å²) in [7, 11) is 5.83. The summed E-state index contributed by atoms with van der Waals surface area (Å²) in [5, 5.41) is 19.6. The van der Waals surface area contributed by atoms with E-state index in [1.165, 1.54) is 23.0 Å². The summed E-state index contributed by atoms with van der Waals surface area (Å²) in [5.41, 5.74) is -0.0912. The lowest BCUT2D eigenvalue weighted by Crippen LogP contribution is -2.46. The van der Waals surface area contributed by atoms with Crippen LogP contribution in [0.2, 0.25) is 0 Å². The van der Waals surface area contributed by atoms with E-state index in [9.17, 15) is 32.8 Å². The molecule has 2 amide bonds. The highest BCUT2D eigenvalue weighted by atomic mass is 19.4. The minimum absolute atomic E-state index is 0.0225. The number of likely N-dealkylation sites (N-methyl/N-ethyl adjacent to an activating group) is 1. The first-order valence-electron chi connectivity index (χ1n) is 17.6. The Labute approximate surface area is 311 Å². The second-order valence-electron chi connectivity index (χ2n) is 14.3. The molecule has 0 saturated heterocycles. The van der Waals surface area contributed by atoms with E-state index >= 15 is 0 Å². The van der Waals surface area contributed by atoms with Crippen molar-refractivity contribution in [2.45, 2.75) is 44.8 Å². The number of aromatic nitrogens is 4. The third-order valence-corrected chi connectivity index (χ3v) is 9.09. The fourth-order valence-electron chi connectivity index (χ4n) is 6.47. The molecule has 2 N–H and O–H groups in total. The molecule has 0 atom stereocenters. The van der Waals surface area contributed by atoms with Gasteiger partial charge in [-0.1, -0.05) is 42.5 Å². The van der Waals surface area contributed by atoms with Gasteiger partial charge in [-0.2, -0.15) is 23.5 Å². The van der Waals surface area contributed by atoms with Crippen molar-refractivity contribution in [3.63, 3.8) is 0 Å². The molecule has 1 aliphatic rings. The molecule has 5 aromatic rings. The molecule has 14 heteroatoms. The molecule has 1 aliphatic carbocycles. The van der Waals surface area contributed by atoms with Crippen molar-refractivity contribution in [3.8, 4) is 28.8 Å². The summed E-state index contributed by atoms with van der Waals surface area (Å²) < 4.78 is 45.0. The Bertz CT molecular complexity index is 2120. The maximum Gasteiger partial charge on any atom is 0.416 e. The molecule has 282 valence electrons. The van der Waals surface area contributed by atoms with Crippen molar-refractivity contribution in [1.82, 2.24) is 29.5 Å². The summed E-state index contributed by atoms with van der Waals surface area (Å²) >= 11 is 0. The van der Waals surface area contributed by atoms with E-state index in [0.717, 1.165) is 34.1 Å². The Morgan fingerprint density at radius 3 is 2.11 bits per heavy atom. The Kier molecular flexibility index (Phi) is 12.2. The Morgan fingerprint density at radius 2 is 1.54 bits per heavy atom. The van der Waals surface area contributed by atoms with Crippen LogP contribution in [0, 0.1) is 24.2 Å². The van der Waals surface area contributed by atoms with Crippen LogP contribution in [-0.4, -0.2) is 75.6 Å². The minimum atomic E-state index is -4.64. The van der Waals surface area contributed by atoms with Gasteiger partial charge in [0.25, 0.3) is 5.91 Å². The van der Waals surface area contributed by atoms with Gasteiger partial charge in [0, 0.05) is 12.6 Å². The average molecular weight is 742 g/mol. The SMILES string of the molecule is Cc1c(-c2ccnn2-c2ccc(C#N)cc2)n(C(=O)NC2CCC(CNC(=O)C[N+](C)(C)C)CC2)c(=O)n1-c1cccc(C(F)(F)F)c1.c1ccccc1. The number of nitrogens with one attached hydrogen (secondary N) is 2. The maximum atomic E-state index is 14.1. The molecule has 11 nitrogen and oxygen atoms in total. The standard InChI is InChI=1S/C34H37F3N8O3.C6H6/c1-22-31(29-16-17-40-44(29)27-14-10-23(19-38)11-15-27)43(33(48)42(22)28-7-5-6-25(18-28)34(35,36)37)32(47)41-26-12-8-24(9-13-26)20-39-30(46)21-45(2,3)4;1-2-4-6-5-3-1/h5-7,10-11,14-18,24,26H,8-9,12-13,20-21H2,1-4H3,(H-,39,41,46,47);1-6H/p+1. The fraction of sp³-hybridized carbons (Fsp3) is 0.325. The number of alkyl halides is 3.